The predicted molar refractivity (Wildman–Crippen MR) is 71.1 cm³/mol. The molecule has 0 aliphatic carbocycles. The zero-order valence-corrected chi connectivity index (χ0v) is 10.7. The molecular formula is C15H20N2. The van der Waals surface area contributed by atoms with Crippen molar-refractivity contribution < 1.29 is 0 Å². The summed E-state index contributed by atoms with van der Waals surface area (Å²) in [6.45, 7) is 5.41. The second-order valence-electron chi connectivity index (χ2n) is 4.37. The molecule has 0 radical (unpaired) electrons. The molecule has 0 amide bonds. The number of benzene rings is 1. The molecule has 17 heavy (non-hydrogen) atoms. The summed E-state index contributed by atoms with van der Waals surface area (Å²) in [4.78, 5) is 0. The van der Waals surface area contributed by atoms with Crippen LogP contribution in [0.3, 0.4) is 0 Å². The van der Waals surface area contributed by atoms with E-state index in [0.717, 1.165) is 25.8 Å². The molecule has 0 unspecified atom stereocenters. The van der Waals surface area contributed by atoms with Crippen LogP contribution in [0.4, 0.5) is 0 Å². The van der Waals surface area contributed by atoms with Gasteiger partial charge in [0.2, 0.25) is 0 Å². The first-order valence-electron chi connectivity index (χ1n) is 6.43. The van der Waals surface area contributed by atoms with Crippen LogP contribution in [0.15, 0.2) is 36.4 Å². The van der Waals surface area contributed by atoms with Crippen LogP contribution in [0.25, 0.3) is 0 Å². The van der Waals surface area contributed by atoms with E-state index >= 15 is 0 Å². The summed E-state index contributed by atoms with van der Waals surface area (Å²) in [5.74, 6) is 0. The molecule has 1 aromatic heterocycles. The molecule has 0 bridgehead atoms. The van der Waals surface area contributed by atoms with Crippen molar-refractivity contribution in [1.82, 2.24) is 9.78 Å². The van der Waals surface area contributed by atoms with Crippen molar-refractivity contribution in [3.63, 3.8) is 0 Å². The zero-order valence-electron chi connectivity index (χ0n) is 10.7. The Morgan fingerprint density at radius 3 is 2.53 bits per heavy atom. The lowest BCUT2D eigenvalue weighted by Gasteiger charge is -2.02. The molecule has 1 aromatic carbocycles. The van der Waals surface area contributed by atoms with Crippen LogP contribution in [0.5, 0.6) is 0 Å². The van der Waals surface area contributed by atoms with Gasteiger partial charge in [-0.05, 0) is 24.5 Å². The molecule has 1 heterocycles. The number of aryl methyl sites for hydroxylation is 2. The molecule has 0 aliphatic rings. The van der Waals surface area contributed by atoms with Crippen molar-refractivity contribution in [2.75, 3.05) is 0 Å². The first kappa shape index (κ1) is 11.9. The third-order valence-corrected chi connectivity index (χ3v) is 2.94. The van der Waals surface area contributed by atoms with Crippen LogP contribution in [-0.4, -0.2) is 9.78 Å². The van der Waals surface area contributed by atoms with Crippen LogP contribution in [0.1, 0.15) is 37.2 Å². The number of aromatic nitrogens is 2. The summed E-state index contributed by atoms with van der Waals surface area (Å²) in [7, 11) is 0. The highest BCUT2D eigenvalue weighted by Crippen LogP contribution is 2.11. The van der Waals surface area contributed by atoms with Crippen molar-refractivity contribution in [3.05, 3.63) is 53.3 Å². The summed E-state index contributed by atoms with van der Waals surface area (Å²) in [6, 6.07) is 12.8. The minimum Gasteiger partial charge on any atom is -0.269 e. The molecule has 2 nitrogen and oxygen atoms in total. The maximum atomic E-state index is 4.68. The van der Waals surface area contributed by atoms with E-state index in [2.05, 4.69) is 60.0 Å². The quantitative estimate of drug-likeness (QED) is 0.766. The molecule has 0 fully saturated rings. The molecular weight excluding hydrogens is 208 g/mol. The van der Waals surface area contributed by atoms with Gasteiger partial charge in [0.1, 0.15) is 0 Å². The SMILES string of the molecule is CCCn1nc(Cc2ccccc2)cc1CC. The van der Waals surface area contributed by atoms with Gasteiger partial charge in [-0.15, -0.1) is 0 Å². The van der Waals surface area contributed by atoms with E-state index in [0.29, 0.717) is 0 Å². The van der Waals surface area contributed by atoms with E-state index in [4.69, 9.17) is 0 Å². The Labute approximate surface area is 103 Å². The molecule has 2 rings (SSSR count). The lowest BCUT2D eigenvalue weighted by molar-refractivity contribution is 0.572. The van der Waals surface area contributed by atoms with E-state index in [1.807, 2.05) is 0 Å². The van der Waals surface area contributed by atoms with Crippen LogP contribution in [0.2, 0.25) is 0 Å². The standard InChI is InChI=1S/C15H20N2/c1-3-10-17-15(4-2)12-14(16-17)11-13-8-6-5-7-9-13/h5-9,12H,3-4,10-11H2,1-2H3. The monoisotopic (exact) mass is 228 g/mol. The van der Waals surface area contributed by atoms with E-state index in [-0.39, 0.29) is 0 Å². The number of hydrogen-bond donors (Lipinski definition) is 0. The Kier molecular flexibility index (Phi) is 3.97. The second kappa shape index (κ2) is 5.67. The minimum absolute atomic E-state index is 0.935. The Balaban J connectivity index is 2.16. The molecule has 0 saturated carbocycles. The fourth-order valence-corrected chi connectivity index (χ4v) is 2.10. The van der Waals surface area contributed by atoms with Gasteiger partial charge in [0, 0.05) is 18.7 Å². The Morgan fingerprint density at radius 2 is 1.88 bits per heavy atom. The Bertz CT molecular complexity index is 457. The van der Waals surface area contributed by atoms with Gasteiger partial charge in [-0.3, -0.25) is 4.68 Å². The average Bonchev–Trinajstić information content (AvgIpc) is 2.73. The van der Waals surface area contributed by atoms with E-state index in [1.54, 1.807) is 0 Å². The molecule has 2 heteroatoms. The number of nitrogens with zero attached hydrogens (tertiary/aromatic N) is 2. The highest BCUT2D eigenvalue weighted by atomic mass is 15.3. The largest absolute Gasteiger partial charge is 0.269 e. The second-order valence-corrected chi connectivity index (χ2v) is 4.37. The molecule has 0 aliphatic heterocycles. The normalized spacial score (nSPS) is 10.7. The van der Waals surface area contributed by atoms with Crippen LogP contribution >= 0.6 is 0 Å². The topological polar surface area (TPSA) is 17.8 Å². The van der Waals surface area contributed by atoms with Crippen molar-refractivity contribution in [2.24, 2.45) is 0 Å². The van der Waals surface area contributed by atoms with E-state index < -0.39 is 0 Å². The highest BCUT2D eigenvalue weighted by Gasteiger charge is 2.06. The molecule has 0 saturated heterocycles. The number of rotatable bonds is 5. The van der Waals surface area contributed by atoms with Gasteiger partial charge in [-0.1, -0.05) is 44.2 Å². The lowest BCUT2D eigenvalue weighted by Crippen LogP contribution is -2.03. The first-order chi connectivity index (χ1) is 8.33. The van der Waals surface area contributed by atoms with Gasteiger partial charge in [0.05, 0.1) is 5.69 Å². The smallest absolute Gasteiger partial charge is 0.0671 e. The molecule has 90 valence electrons. The van der Waals surface area contributed by atoms with Gasteiger partial charge >= 0.3 is 0 Å². The molecule has 2 aromatic rings. The highest BCUT2D eigenvalue weighted by molar-refractivity contribution is 5.22. The third kappa shape index (κ3) is 2.96. The number of hydrogen-bond acceptors (Lipinski definition) is 1. The van der Waals surface area contributed by atoms with Gasteiger partial charge in [-0.25, -0.2) is 0 Å². The molecule has 0 atom stereocenters. The van der Waals surface area contributed by atoms with Gasteiger partial charge < -0.3 is 0 Å². The molecule has 0 N–H and O–H groups in total. The summed E-state index contributed by atoms with van der Waals surface area (Å²) >= 11 is 0. The van der Waals surface area contributed by atoms with Crippen LogP contribution in [0, 0.1) is 0 Å². The summed E-state index contributed by atoms with van der Waals surface area (Å²) < 4.78 is 2.15. The van der Waals surface area contributed by atoms with Crippen molar-refractivity contribution in [2.45, 2.75) is 39.7 Å². The van der Waals surface area contributed by atoms with Gasteiger partial charge in [0.15, 0.2) is 0 Å². The Morgan fingerprint density at radius 1 is 1.12 bits per heavy atom. The first-order valence-corrected chi connectivity index (χ1v) is 6.43. The zero-order chi connectivity index (χ0) is 12.1. The van der Waals surface area contributed by atoms with E-state index in [9.17, 15) is 0 Å². The lowest BCUT2D eigenvalue weighted by atomic mass is 10.1. The summed E-state index contributed by atoms with van der Waals surface area (Å²) in [5, 5.41) is 4.68. The van der Waals surface area contributed by atoms with E-state index in [1.165, 1.54) is 17.0 Å². The average molecular weight is 228 g/mol. The molecule has 0 spiro atoms. The predicted octanol–water partition coefficient (Wildman–Crippen LogP) is 3.45. The maximum Gasteiger partial charge on any atom is 0.0671 e. The van der Waals surface area contributed by atoms with Gasteiger partial charge in [-0.2, -0.15) is 5.10 Å². The minimum atomic E-state index is 0.935. The fourth-order valence-electron chi connectivity index (χ4n) is 2.10. The fraction of sp³-hybridized carbons (Fsp3) is 0.400. The summed E-state index contributed by atoms with van der Waals surface area (Å²) in [6.07, 6.45) is 3.13. The third-order valence-electron chi connectivity index (χ3n) is 2.94. The van der Waals surface area contributed by atoms with Crippen molar-refractivity contribution >= 4 is 0 Å². The Hall–Kier alpha value is -1.57. The van der Waals surface area contributed by atoms with Crippen LogP contribution < -0.4 is 0 Å². The van der Waals surface area contributed by atoms with Crippen LogP contribution in [-0.2, 0) is 19.4 Å². The van der Waals surface area contributed by atoms with Crippen molar-refractivity contribution in [3.8, 4) is 0 Å². The van der Waals surface area contributed by atoms with Gasteiger partial charge in [0.25, 0.3) is 0 Å². The van der Waals surface area contributed by atoms with Crippen molar-refractivity contribution in [1.29, 1.82) is 0 Å². The summed E-state index contributed by atoms with van der Waals surface area (Å²) in [5.41, 5.74) is 3.86. The maximum absolute atomic E-state index is 4.68.